The molecule has 0 atom stereocenters. The van der Waals surface area contributed by atoms with Gasteiger partial charge < -0.3 is 20.2 Å². The largest absolute Gasteiger partial charge is 0.475 e. The summed E-state index contributed by atoms with van der Waals surface area (Å²) in [5.41, 5.74) is 0.0124. The van der Waals surface area contributed by atoms with Gasteiger partial charge in [-0.2, -0.15) is 0 Å². The number of carboxylic acid groups (broad SMARTS) is 1. The summed E-state index contributed by atoms with van der Waals surface area (Å²) in [5, 5.41) is 14.1. The van der Waals surface area contributed by atoms with Crippen LogP contribution in [0.4, 0.5) is 4.79 Å². The first-order valence-corrected chi connectivity index (χ1v) is 6.56. The van der Waals surface area contributed by atoms with Crippen LogP contribution in [0.1, 0.15) is 44.0 Å². The van der Waals surface area contributed by atoms with Gasteiger partial charge in [0.15, 0.2) is 0 Å². The molecule has 1 aromatic heterocycles. The molecule has 6 heteroatoms. The zero-order valence-electron chi connectivity index (χ0n) is 12.3. The zero-order valence-corrected chi connectivity index (χ0v) is 12.3. The summed E-state index contributed by atoms with van der Waals surface area (Å²) in [6, 6.07) is 2.59. The van der Waals surface area contributed by atoms with E-state index in [4.69, 9.17) is 9.52 Å². The minimum Gasteiger partial charge on any atom is -0.475 e. The van der Waals surface area contributed by atoms with Crippen molar-refractivity contribution in [3.63, 3.8) is 0 Å². The highest BCUT2D eigenvalue weighted by Crippen LogP contribution is 2.24. The van der Waals surface area contributed by atoms with Crippen molar-refractivity contribution in [2.45, 2.75) is 34.2 Å². The molecule has 20 heavy (non-hydrogen) atoms. The second kappa shape index (κ2) is 6.45. The Hall–Kier alpha value is -1.98. The summed E-state index contributed by atoms with van der Waals surface area (Å²) < 4.78 is 5.04. The molecule has 0 radical (unpaired) electrons. The summed E-state index contributed by atoms with van der Waals surface area (Å²) in [6.45, 7) is 9.11. The molecule has 2 amide bonds. The summed E-state index contributed by atoms with van der Waals surface area (Å²) >= 11 is 0. The number of amides is 2. The monoisotopic (exact) mass is 282 g/mol. The second-order valence-electron chi connectivity index (χ2n) is 5.75. The maximum Gasteiger partial charge on any atom is 0.371 e. The number of carbonyl (C=O) groups excluding carboxylic acids is 1. The summed E-state index contributed by atoms with van der Waals surface area (Å²) in [7, 11) is 0. The highest BCUT2D eigenvalue weighted by molar-refractivity contribution is 5.84. The number of furan rings is 1. The Morgan fingerprint density at radius 2 is 1.95 bits per heavy atom. The number of urea groups is 1. The van der Waals surface area contributed by atoms with Crippen LogP contribution in [0.3, 0.4) is 0 Å². The van der Waals surface area contributed by atoms with Crippen molar-refractivity contribution in [2.75, 3.05) is 6.54 Å². The molecule has 1 aromatic rings. The van der Waals surface area contributed by atoms with E-state index in [1.54, 1.807) is 0 Å². The molecule has 0 aliphatic carbocycles. The molecule has 6 nitrogen and oxygen atoms in total. The van der Waals surface area contributed by atoms with Crippen molar-refractivity contribution < 1.29 is 19.1 Å². The van der Waals surface area contributed by atoms with Crippen molar-refractivity contribution in [2.24, 2.45) is 11.3 Å². The smallest absolute Gasteiger partial charge is 0.371 e. The molecule has 0 aliphatic heterocycles. The minimum absolute atomic E-state index is 0.0124. The Morgan fingerprint density at radius 3 is 2.45 bits per heavy atom. The van der Waals surface area contributed by atoms with E-state index in [9.17, 15) is 9.59 Å². The van der Waals surface area contributed by atoms with E-state index < -0.39 is 5.97 Å². The van der Waals surface area contributed by atoms with Gasteiger partial charge in [-0.3, -0.25) is 0 Å². The normalized spacial score (nSPS) is 11.4. The lowest BCUT2D eigenvalue weighted by atomic mass is 9.81. The van der Waals surface area contributed by atoms with Gasteiger partial charge in [0.2, 0.25) is 5.76 Å². The van der Waals surface area contributed by atoms with Crippen LogP contribution in [0.15, 0.2) is 16.5 Å². The molecule has 0 aliphatic rings. The van der Waals surface area contributed by atoms with Gasteiger partial charge in [0.1, 0.15) is 5.76 Å². The van der Waals surface area contributed by atoms with E-state index in [0.29, 0.717) is 18.2 Å². The molecule has 0 spiro atoms. The van der Waals surface area contributed by atoms with Crippen LogP contribution in [0, 0.1) is 11.3 Å². The van der Waals surface area contributed by atoms with Crippen molar-refractivity contribution in [3.8, 4) is 0 Å². The first-order chi connectivity index (χ1) is 9.22. The third-order valence-electron chi connectivity index (χ3n) is 3.56. The number of aromatic carboxylic acids is 1. The van der Waals surface area contributed by atoms with Crippen LogP contribution >= 0.6 is 0 Å². The lowest BCUT2D eigenvalue weighted by Crippen LogP contribution is -2.42. The van der Waals surface area contributed by atoms with Crippen LogP contribution in [0.5, 0.6) is 0 Å². The second-order valence-corrected chi connectivity index (χ2v) is 5.75. The first-order valence-electron chi connectivity index (χ1n) is 6.56. The molecule has 0 saturated carbocycles. The topological polar surface area (TPSA) is 91.6 Å². The highest BCUT2D eigenvalue weighted by Gasteiger charge is 2.22. The minimum atomic E-state index is -1.13. The zero-order chi connectivity index (χ0) is 15.3. The number of hydrogen-bond acceptors (Lipinski definition) is 3. The molecule has 112 valence electrons. The van der Waals surface area contributed by atoms with Gasteiger partial charge in [0.25, 0.3) is 0 Å². The van der Waals surface area contributed by atoms with Gasteiger partial charge in [0.05, 0.1) is 6.54 Å². The van der Waals surface area contributed by atoms with Gasteiger partial charge in [-0.15, -0.1) is 0 Å². The van der Waals surface area contributed by atoms with Crippen molar-refractivity contribution in [3.05, 3.63) is 23.7 Å². The Morgan fingerprint density at radius 1 is 1.30 bits per heavy atom. The van der Waals surface area contributed by atoms with Crippen LogP contribution in [-0.4, -0.2) is 23.7 Å². The SMILES string of the molecule is CC(C)C(C)(C)CNC(=O)NCc1ccc(C(=O)O)o1. The van der Waals surface area contributed by atoms with E-state index in [1.807, 2.05) is 0 Å². The molecule has 0 fully saturated rings. The Bertz CT molecular complexity index is 477. The lowest BCUT2D eigenvalue weighted by Gasteiger charge is -2.29. The summed E-state index contributed by atoms with van der Waals surface area (Å²) in [4.78, 5) is 22.3. The van der Waals surface area contributed by atoms with Gasteiger partial charge in [-0.1, -0.05) is 27.7 Å². The maximum absolute atomic E-state index is 11.6. The molecule has 0 aromatic carbocycles. The van der Waals surface area contributed by atoms with E-state index in [1.165, 1.54) is 12.1 Å². The van der Waals surface area contributed by atoms with Gasteiger partial charge in [-0.05, 0) is 23.5 Å². The first kappa shape index (κ1) is 16.1. The predicted octanol–water partition coefficient (Wildman–Crippen LogP) is 2.46. The Kier molecular flexibility index (Phi) is 5.19. The molecule has 3 N–H and O–H groups in total. The molecule has 0 saturated heterocycles. The fourth-order valence-electron chi connectivity index (χ4n) is 1.33. The molecule has 1 heterocycles. The maximum atomic E-state index is 11.6. The molecule has 0 bridgehead atoms. The van der Waals surface area contributed by atoms with Crippen LogP contribution < -0.4 is 10.6 Å². The van der Waals surface area contributed by atoms with Gasteiger partial charge in [0, 0.05) is 6.54 Å². The van der Waals surface area contributed by atoms with Crippen molar-refractivity contribution >= 4 is 12.0 Å². The van der Waals surface area contributed by atoms with Gasteiger partial charge in [-0.25, -0.2) is 9.59 Å². The quantitative estimate of drug-likeness (QED) is 0.747. The third-order valence-corrected chi connectivity index (χ3v) is 3.56. The lowest BCUT2D eigenvalue weighted by molar-refractivity contribution is 0.0660. The molecule has 0 unspecified atom stereocenters. The van der Waals surface area contributed by atoms with E-state index in [0.717, 1.165) is 0 Å². The van der Waals surface area contributed by atoms with Crippen LogP contribution in [0.2, 0.25) is 0 Å². The molecule has 1 rings (SSSR count). The third kappa shape index (κ3) is 4.60. The number of hydrogen-bond donors (Lipinski definition) is 3. The number of carboxylic acids is 1. The molecular weight excluding hydrogens is 260 g/mol. The Labute approximate surface area is 118 Å². The molecular formula is C14H22N2O4. The number of carbonyl (C=O) groups is 2. The van der Waals surface area contributed by atoms with E-state index in [2.05, 4.69) is 38.3 Å². The predicted molar refractivity (Wildman–Crippen MR) is 74.5 cm³/mol. The average Bonchev–Trinajstić information content (AvgIpc) is 2.82. The van der Waals surface area contributed by atoms with E-state index in [-0.39, 0.29) is 23.8 Å². The fourth-order valence-corrected chi connectivity index (χ4v) is 1.33. The summed E-state index contributed by atoms with van der Waals surface area (Å²) in [5.74, 6) is -0.408. The van der Waals surface area contributed by atoms with Crippen LogP contribution in [0.25, 0.3) is 0 Å². The average molecular weight is 282 g/mol. The number of nitrogens with one attached hydrogen (secondary N) is 2. The summed E-state index contributed by atoms with van der Waals surface area (Å²) in [6.07, 6.45) is 0. The van der Waals surface area contributed by atoms with E-state index >= 15 is 0 Å². The number of rotatable bonds is 6. The van der Waals surface area contributed by atoms with Crippen LogP contribution in [-0.2, 0) is 6.54 Å². The standard InChI is InChI=1S/C14H22N2O4/c1-9(2)14(3,4)8-16-13(19)15-7-10-5-6-11(20-10)12(17)18/h5-6,9H,7-8H2,1-4H3,(H,17,18)(H2,15,16,19). The van der Waals surface area contributed by atoms with Crippen molar-refractivity contribution in [1.29, 1.82) is 0 Å². The van der Waals surface area contributed by atoms with Crippen molar-refractivity contribution in [1.82, 2.24) is 10.6 Å². The Balaban J connectivity index is 2.38. The van der Waals surface area contributed by atoms with Gasteiger partial charge >= 0.3 is 12.0 Å². The fraction of sp³-hybridized carbons (Fsp3) is 0.571. The highest BCUT2D eigenvalue weighted by atomic mass is 16.4.